The van der Waals surface area contributed by atoms with Crippen LogP contribution in [-0.2, 0) is 4.79 Å². The molecule has 0 saturated heterocycles. The molecule has 0 aromatic heterocycles. The molecule has 0 heterocycles. The van der Waals surface area contributed by atoms with Crippen LogP contribution in [0.5, 0.6) is 0 Å². The number of carbonyl (C=O) groups excluding carboxylic acids is 1. The zero-order valence-corrected chi connectivity index (χ0v) is 24.0. The van der Waals surface area contributed by atoms with Crippen molar-refractivity contribution in [2.24, 2.45) is 35.0 Å². The summed E-state index contributed by atoms with van der Waals surface area (Å²) in [4.78, 5) is 12.6. The van der Waals surface area contributed by atoms with Crippen LogP contribution in [0.25, 0.3) is 0 Å². The first-order valence-corrected chi connectivity index (χ1v) is 13.5. The second kappa shape index (κ2) is 16.1. The van der Waals surface area contributed by atoms with Gasteiger partial charge in [-0.15, -0.1) is 6.58 Å². The molecule has 0 aliphatic rings. The highest BCUT2D eigenvalue weighted by atomic mass is 16.1. The van der Waals surface area contributed by atoms with Crippen LogP contribution in [-0.4, -0.2) is 5.78 Å². The molecule has 0 aliphatic heterocycles. The number of hydrogen-bond acceptors (Lipinski definition) is 1. The molecule has 1 heteroatoms. The maximum Gasteiger partial charge on any atom is 0.133 e. The second-order valence-corrected chi connectivity index (χ2v) is 11.8. The van der Waals surface area contributed by atoms with Gasteiger partial charge in [0, 0.05) is 18.3 Å². The van der Waals surface area contributed by atoms with E-state index in [1.807, 2.05) is 0 Å². The van der Waals surface area contributed by atoms with Crippen molar-refractivity contribution in [1.29, 1.82) is 0 Å². The zero-order valence-electron chi connectivity index (χ0n) is 24.0. The monoisotopic (exact) mass is 468 g/mol. The summed E-state index contributed by atoms with van der Waals surface area (Å²) < 4.78 is 0. The van der Waals surface area contributed by atoms with Crippen molar-refractivity contribution in [1.82, 2.24) is 0 Å². The van der Waals surface area contributed by atoms with Crippen LogP contribution in [0.15, 0.2) is 61.3 Å². The Hall–Kier alpha value is -1.63. The standard InChI is InChI=1S/C33H56O/c1-13-33(12,21-19-31(11)30(10)17-16-29(9)25(4)5)20-18-27(7)23-32(34)22-26(6)14-15-28(8)24(2)3/h13,18,20,26-29,31H,1-2,4,10,14-17,19,21-23H2,3,5-9,11-12H3/b20-18+/t26-,27+,28-,29-,31-,33+/m1/s1. The van der Waals surface area contributed by atoms with Gasteiger partial charge in [0.15, 0.2) is 0 Å². The van der Waals surface area contributed by atoms with Crippen molar-refractivity contribution in [3.05, 3.63) is 61.3 Å². The molecule has 0 rings (SSSR count). The minimum absolute atomic E-state index is 0.0528. The predicted molar refractivity (Wildman–Crippen MR) is 154 cm³/mol. The third kappa shape index (κ3) is 13.9. The van der Waals surface area contributed by atoms with E-state index in [2.05, 4.69) is 99.9 Å². The molecule has 1 nitrogen and oxygen atoms in total. The molecule has 0 aromatic carbocycles. The third-order valence-corrected chi connectivity index (χ3v) is 7.88. The minimum atomic E-state index is -0.0528. The van der Waals surface area contributed by atoms with Gasteiger partial charge >= 0.3 is 0 Å². The average Bonchev–Trinajstić information content (AvgIpc) is 2.77. The first-order chi connectivity index (χ1) is 15.7. The van der Waals surface area contributed by atoms with Crippen molar-refractivity contribution in [3.8, 4) is 0 Å². The van der Waals surface area contributed by atoms with Crippen LogP contribution >= 0.6 is 0 Å². The SMILES string of the molecule is C=C[C@@](C)(/C=C/[C@H](C)CC(=O)C[C@H](C)CC[C@@H](C)C(=C)C)CC[C@@H](C)C(=C)CC[C@@H](C)C(=C)C. The molecule has 34 heavy (non-hydrogen) atoms. The Labute approximate surface area is 213 Å². The van der Waals surface area contributed by atoms with E-state index in [0.717, 1.165) is 38.5 Å². The largest absolute Gasteiger partial charge is 0.300 e. The van der Waals surface area contributed by atoms with Crippen molar-refractivity contribution < 1.29 is 4.79 Å². The van der Waals surface area contributed by atoms with Gasteiger partial charge in [0.25, 0.3) is 0 Å². The van der Waals surface area contributed by atoms with Crippen molar-refractivity contribution in [2.75, 3.05) is 0 Å². The average molecular weight is 469 g/mol. The topological polar surface area (TPSA) is 17.1 Å². The zero-order chi connectivity index (χ0) is 26.5. The van der Waals surface area contributed by atoms with Gasteiger partial charge in [-0.2, -0.15) is 0 Å². The van der Waals surface area contributed by atoms with E-state index in [1.165, 1.54) is 16.7 Å². The number of carbonyl (C=O) groups is 1. The summed E-state index contributed by atoms with van der Waals surface area (Å²) in [5.41, 5.74) is 3.78. The third-order valence-electron chi connectivity index (χ3n) is 7.88. The lowest BCUT2D eigenvalue weighted by molar-refractivity contribution is -0.120. The molecular formula is C33H56O. The lowest BCUT2D eigenvalue weighted by Crippen LogP contribution is -2.14. The Bertz CT molecular complexity index is 708. The van der Waals surface area contributed by atoms with Gasteiger partial charge in [0.2, 0.25) is 0 Å². The Morgan fingerprint density at radius 1 is 0.824 bits per heavy atom. The summed E-state index contributed by atoms with van der Waals surface area (Å²) in [6.07, 6.45) is 14.4. The van der Waals surface area contributed by atoms with E-state index < -0.39 is 0 Å². The predicted octanol–water partition coefficient (Wildman–Crippen LogP) is 10.3. The van der Waals surface area contributed by atoms with Crippen LogP contribution in [0.4, 0.5) is 0 Å². The highest BCUT2D eigenvalue weighted by Crippen LogP contribution is 2.32. The maximum absolute atomic E-state index is 12.6. The Morgan fingerprint density at radius 3 is 1.91 bits per heavy atom. The molecule has 0 spiro atoms. The van der Waals surface area contributed by atoms with Gasteiger partial charge in [0.1, 0.15) is 5.78 Å². The molecule has 0 fully saturated rings. The Morgan fingerprint density at radius 2 is 1.38 bits per heavy atom. The van der Waals surface area contributed by atoms with Crippen molar-refractivity contribution >= 4 is 5.78 Å². The van der Waals surface area contributed by atoms with E-state index in [0.29, 0.717) is 42.3 Å². The summed E-state index contributed by atoms with van der Waals surface area (Å²) in [6.45, 7) is 34.1. The first-order valence-electron chi connectivity index (χ1n) is 13.5. The summed E-state index contributed by atoms with van der Waals surface area (Å²) >= 11 is 0. The van der Waals surface area contributed by atoms with Crippen LogP contribution < -0.4 is 0 Å². The number of Topliss-reactive ketones (excluding diaryl/α,β-unsaturated/α-hetero) is 1. The van der Waals surface area contributed by atoms with Gasteiger partial charge < -0.3 is 0 Å². The van der Waals surface area contributed by atoms with E-state index in [-0.39, 0.29) is 11.3 Å². The lowest BCUT2D eigenvalue weighted by atomic mass is 9.80. The number of hydrogen-bond donors (Lipinski definition) is 0. The van der Waals surface area contributed by atoms with Crippen LogP contribution in [0.3, 0.4) is 0 Å². The Balaban J connectivity index is 4.60. The normalized spacial score (nSPS) is 17.9. The molecule has 0 aliphatic carbocycles. The number of allylic oxidation sites excluding steroid dienone is 6. The minimum Gasteiger partial charge on any atom is -0.300 e. The van der Waals surface area contributed by atoms with E-state index in [9.17, 15) is 4.79 Å². The summed E-state index contributed by atoms with van der Waals surface area (Å²) in [7, 11) is 0. The van der Waals surface area contributed by atoms with Crippen LogP contribution in [0.2, 0.25) is 0 Å². The van der Waals surface area contributed by atoms with Crippen molar-refractivity contribution in [2.45, 2.75) is 107 Å². The molecular weight excluding hydrogens is 412 g/mol. The van der Waals surface area contributed by atoms with E-state index in [1.54, 1.807) is 0 Å². The van der Waals surface area contributed by atoms with Gasteiger partial charge in [-0.1, -0.05) is 96.2 Å². The van der Waals surface area contributed by atoms with Crippen molar-refractivity contribution in [3.63, 3.8) is 0 Å². The summed E-state index contributed by atoms with van der Waals surface area (Å²) in [5.74, 6) is 2.66. The van der Waals surface area contributed by atoms with Gasteiger partial charge in [0.05, 0.1) is 0 Å². The molecule has 0 saturated carbocycles. The maximum atomic E-state index is 12.6. The Kier molecular flexibility index (Phi) is 15.3. The highest BCUT2D eigenvalue weighted by molar-refractivity contribution is 5.79. The molecule has 0 unspecified atom stereocenters. The van der Waals surface area contributed by atoms with Crippen LogP contribution in [0.1, 0.15) is 107 Å². The van der Waals surface area contributed by atoms with Gasteiger partial charge in [-0.25, -0.2) is 0 Å². The van der Waals surface area contributed by atoms with E-state index >= 15 is 0 Å². The smallest absolute Gasteiger partial charge is 0.133 e. The van der Waals surface area contributed by atoms with Gasteiger partial charge in [-0.3, -0.25) is 4.79 Å². The quantitative estimate of drug-likeness (QED) is 0.172. The van der Waals surface area contributed by atoms with Gasteiger partial charge in [-0.05, 0) is 82.0 Å². The molecule has 0 radical (unpaired) electrons. The molecule has 0 aromatic rings. The fourth-order valence-corrected chi connectivity index (χ4v) is 4.05. The highest BCUT2D eigenvalue weighted by Gasteiger charge is 2.20. The molecule has 0 bridgehead atoms. The summed E-state index contributed by atoms with van der Waals surface area (Å²) in [6, 6.07) is 0. The summed E-state index contributed by atoms with van der Waals surface area (Å²) in [5, 5.41) is 0. The first kappa shape index (κ1) is 32.4. The molecule has 0 amide bonds. The second-order valence-electron chi connectivity index (χ2n) is 11.8. The molecule has 194 valence electrons. The van der Waals surface area contributed by atoms with Crippen LogP contribution in [0, 0.1) is 35.0 Å². The molecule has 6 atom stereocenters. The number of rotatable bonds is 19. The fourth-order valence-electron chi connectivity index (χ4n) is 4.05. The lowest BCUT2D eigenvalue weighted by Gasteiger charge is -2.25. The number of ketones is 1. The molecule has 0 N–H and O–H groups in total. The van der Waals surface area contributed by atoms with E-state index in [4.69, 9.17) is 0 Å². The fraction of sp³-hybridized carbons (Fsp3) is 0.667.